The van der Waals surface area contributed by atoms with Gasteiger partial charge in [-0.05, 0) is 19.8 Å². The van der Waals surface area contributed by atoms with Gasteiger partial charge in [-0.1, -0.05) is 12.8 Å². The second kappa shape index (κ2) is 6.06. The number of aromatic amines is 1. The maximum Gasteiger partial charge on any atom is 0.276 e. The number of nitrogens with zero attached hydrogens (tertiary/aromatic N) is 4. The highest BCUT2D eigenvalue weighted by molar-refractivity contribution is 5.93. The number of nitrogens with one attached hydrogen (secondary N) is 1. The van der Waals surface area contributed by atoms with E-state index in [0.717, 1.165) is 19.4 Å². The molecule has 22 heavy (non-hydrogen) atoms. The van der Waals surface area contributed by atoms with Crippen molar-refractivity contribution in [2.45, 2.75) is 45.1 Å². The molecule has 1 aliphatic carbocycles. The first-order chi connectivity index (χ1) is 10.6. The lowest BCUT2D eigenvalue weighted by molar-refractivity contribution is -0.129. The highest BCUT2D eigenvalue weighted by Gasteiger charge is 2.36. The molecule has 1 saturated heterocycles. The van der Waals surface area contributed by atoms with Crippen LogP contribution < -0.4 is 0 Å². The zero-order valence-corrected chi connectivity index (χ0v) is 13.2. The lowest BCUT2D eigenvalue weighted by Crippen LogP contribution is -2.36. The van der Waals surface area contributed by atoms with Crippen LogP contribution in [0.5, 0.6) is 0 Å². The third-order valence-electron chi connectivity index (χ3n) is 4.81. The third-order valence-corrected chi connectivity index (χ3v) is 4.81. The number of carbonyl (C=O) groups is 2. The molecule has 0 unspecified atom stereocenters. The minimum Gasteiger partial charge on any atom is -0.340 e. The van der Waals surface area contributed by atoms with Gasteiger partial charge in [0.15, 0.2) is 5.69 Å². The molecule has 2 fully saturated rings. The van der Waals surface area contributed by atoms with Crippen molar-refractivity contribution in [1.82, 2.24) is 25.2 Å². The van der Waals surface area contributed by atoms with Crippen LogP contribution in [0.3, 0.4) is 0 Å². The highest BCUT2D eigenvalue weighted by atomic mass is 16.2. The van der Waals surface area contributed by atoms with Gasteiger partial charge in [0.1, 0.15) is 0 Å². The fraction of sp³-hybridized carbons (Fsp3) is 0.733. The Bertz CT molecular complexity index is 564. The van der Waals surface area contributed by atoms with Gasteiger partial charge in [-0.15, -0.1) is 0 Å². The summed E-state index contributed by atoms with van der Waals surface area (Å²) in [6.07, 6.45) is 5.26. The Balaban J connectivity index is 1.58. The van der Waals surface area contributed by atoms with Crippen LogP contribution >= 0.6 is 0 Å². The summed E-state index contributed by atoms with van der Waals surface area (Å²) in [5.74, 6) is 0.322. The molecule has 1 aromatic heterocycles. The molecule has 1 aliphatic heterocycles. The smallest absolute Gasteiger partial charge is 0.276 e. The lowest BCUT2D eigenvalue weighted by atomic mass is 10.1. The van der Waals surface area contributed by atoms with Crippen molar-refractivity contribution in [3.05, 3.63) is 11.4 Å². The summed E-state index contributed by atoms with van der Waals surface area (Å²) in [4.78, 5) is 28.2. The summed E-state index contributed by atoms with van der Waals surface area (Å²) in [7, 11) is 1.76. The van der Waals surface area contributed by atoms with E-state index >= 15 is 0 Å². The van der Waals surface area contributed by atoms with Crippen LogP contribution in [0.4, 0.5) is 0 Å². The normalized spacial score (nSPS) is 22.5. The van der Waals surface area contributed by atoms with E-state index in [1.54, 1.807) is 18.9 Å². The second-order valence-corrected chi connectivity index (χ2v) is 6.50. The monoisotopic (exact) mass is 305 g/mol. The van der Waals surface area contributed by atoms with Crippen LogP contribution in [0.2, 0.25) is 0 Å². The Hall–Kier alpha value is -1.92. The van der Waals surface area contributed by atoms with Crippen LogP contribution in [0.25, 0.3) is 0 Å². The van der Waals surface area contributed by atoms with Crippen LogP contribution in [0.15, 0.2) is 0 Å². The molecule has 2 aliphatic rings. The van der Waals surface area contributed by atoms with Gasteiger partial charge in [-0.2, -0.15) is 15.4 Å². The van der Waals surface area contributed by atoms with E-state index in [9.17, 15) is 9.59 Å². The molecule has 0 radical (unpaired) electrons. The van der Waals surface area contributed by atoms with E-state index in [2.05, 4.69) is 15.4 Å². The predicted octanol–water partition coefficient (Wildman–Crippen LogP) is 0.976. The van der Waals surface area contributed by atoms with Gasteiger partial charge < -0.3 is 9.80 Å². The van der Waals surface area contributed by atoms with E-state index in [1.807, 2.05) is 4.90 Å². The molecule has 2 heterocycles. The Labute approximate surface area is 130 Å². The molecular formula is C15H23N5O2. The number of likely N-dealkylation sites (tertiary alicyclic amines) is 1. The van der Waals surface area contributed by atoms with E-state index in [1.165, 1.54) is 12.8 Å². The molecule has 2 amide bonds. The van der Waals surface area contributed by atoms with E-state index in [0.29, 0.717) is 30.4 Å². The summed E-state index contributed by atoms with van der Waals surface area (Å²) in [6.45, 7) is 3.12. The van der Waals surface area contributed by atoms with Crippen LogP contribution in [0, 0.1) is 12.8 Å². The molecule has 0 aromatic carbocycles. The minimum atomic E-state index is -0.141. The molecule has 0 bridgehead atoms. The average molecular weight is 305 g/mol. The molecule has 1 atom stereocenters. The zero-order chi connectivity index (χ0) is 15.7. The summed E-state index contributed by atoms with van der Waals surface area (Å²) in [5, 5.41) is 10.3. The number of hydrogen-bond donors (Lipinski definition) is 1. The van der Waals surface area contributed by atoms with Crippen molar-refractivity contribution in [3.8, 4) is 0 Å². The van der Waals surface area contributed by atoms with E-state index in [4.69, 9.17) is 0 Å². The van der Waals surface area contributed by atoms with Crippen molar-refractivity contribution in [1.29, 1.82) is 0 Å². The average Bonchev–Trinajstić information content (AvgIpc) is 3.19. The van der Waals surface area contributed by atoms with Gasteiger partial charge in [0.2, 0.25) is 5.91 Å². The number of carbonyl (C=O) groups excluding carboxylic acids is 2. The molecule has 7 nitrogen and oxygen atoms in total. The zero-order valence-electron chi connectivity index (χ0n) is 13.2. The number of rotatable bonds is 4. The van der Waals surface area contributed by atoms with E-state index < -0.39 is 0 Å². The standard InChI is InChI=1S/C15H23N5O2/c1-10-14(17-18-16-10)15(22)19(2)8-11-7-13(21)20(9-11)12-5-3-4-6-12/h11-12H,3-9H2,1-2H3,(H,16,17,18)/t11-/m0/s1. The van der Waals surface area contributed by atoms with Crippen molar-refractivity contribution >= 4 is 11.8 Å². The van der Waals surface area contributed by atoms with Crippen molar-refractivity contribution in [2.75, 3.05) is 20.1 Å². The second-order valence-electron chi connectivity index (χ2n) is 6.50. The largest absolute Gasteiger partial charge is 0.340 e. The predicted molar refractivity (Wildman–Crippen MR) is 80.2 cm³/mol. The SMILES string of the molecule is Cc1n[nH]nc1C(=O)N(C)C[C@@H]1CC(=O)N(C2CCCC2)C1. The summed E-state index contributed by atoms with van der Waals surface area (Å²) in [5.41, 5.74) is 0.964. The maximum absolute atomic E-state index is 12.3. The first-order valence-electron chi connectivity index (χ1n) is 7.98. The fourth-order valence-corrected chi connectivity index (χ4v) is 3.64. The number of amides is 2. The van der Waals surface area contributed by atoms with Gasteiger partial charge in [0, 0.05) is 38.5 Å². The Morgan fingerprint density at radius 3 is 2.73 bits per heavy atom. The summed E-state index contributed by atoms with van der Waals surface area (Å²) >= 11 is 0. The Morgan fingerprint density at radius 1 is 1.36 bits per heavy atom. The van der Waals surface area contributed by atoms with Gasteiger partial charge >= 0.3 is 0 Å². The molecule has 3 rings (SSSR count). The third kappa shape index (κ3) is 2.84. The van der Waals surface area contributed by atoms with E-state index in [-0.39, 0.29) is 17.7 Å². The first kappa shape index (κ1) is 15.0. The van der Waals surface area contributed by atoms with Gasteiger partial charge in [-0.3, -0.25) is 9.59 Å². The quantitative estimate of drug-likeness (QED) is 0.899. The van der Waals surface area contributed by atoms with Gasteiger partial charge in [0.25, 0.3) is 5.91 Å². The highest BCUT2D eigenvalue weighted by Crippen LogP contribution is 2.29. The van der Waals surface area contributed by atoms with Crippen molar-refractivity contribution in [3.63, 3.8) is 0 Å². The molecule has 120 valence electrons. The fourth-order valence-electron chi connectivity index (χ4n) is 3.64. The van der Waals surface area contributed by atoms with Crippen LogP contribution in [0.1, 0.15) is 48.3 Å². The van der Waals surface area contributed by atoms with Crippen molar-refractivity contribution < 1.29 is 9.59 Å². The number of hydrogen-bond acceptors (Lipinski definition) is 4. The number of aromatic nitrogens is 3. The molecule has 1 saturated carbocycles. The van der Waals surface area contributed by atoms with Crippen molar-refractivity contribution in [2.24, 2.45) is 5.92 Å². The van der Waals surface area contributed by atoms with Gasteiger partial charge in [-0.25, -0.2) is 0 Å². The molecular weight excluding hydrogens is 282 g/mol. The van der Waals surface area contributed by atoms with Crippen LogP contribution in [-0.4, -0.2) is 63.2 Å². The molecule has 1 aromatic rings. The Morgan fingerprint density at radius 2 is 2.09 bits per heavy atom. The summed E-state index contributed by atoms with van der Waals surface area (Å²) in [6, 6.07) is 0.427. The topological polar surface area (TPSA) is 82.2 Å². The molecule has 1 N–H and O–H groups in total. The lowest BCUT2D eigenvalue weighted by Gasteiger charge is -2.25. The first-order valence-corrected chi connectivity index (χ1v) is 7.98. The number of aryl methyl sites for hydroxylation is 1. The molecule has 7 heteroatoms. The molecule has 0 spiro atoms. The summed E-state index contributed by atoms with van der Waals surface area (Å²) < 4.78 is 0. The number of H-pyrrole nitrogens is 1. The maximum atomic E-state index is 12.3. The van der Waals surface area contributed by atoms with Gasteiger partial charge in [0.05, 0.1) is 5.69 Å². The van der Waals surface area contributed by atoms with Crippen LogP contribution in [-0.2, 0) is 4.79 Å². The minimum absolute atomic E-state index is 0.141. The Kier molecular flexibility index (Phi) is 4.13.